The second kappa shape index (κ2) is 6.28. The van der Waals surface area contributed by atoms with E-state index in [4.69, 9.17) is 4.74 Å². The Bertz CT molecular complexity index is 809. The van der Waals surface area contributed by atoms with E-state index in [0.717, 1.165) is 11.1 Å². The molecule has 2 aromatic carbocycles. The van der Waals surface area contributed by atoms with Crippen molar-refractivity contribution in [1.82, 2.24) is 0 Å². The van der Waals surface area contributed by atoms with E-state index in [9.17, 15) is 14.9 Å². The lowest BCUT2D eigenvalue weighted by Gasteiger charge is -2.21. The van der Waals surface area contributed by atoms with Gasteiger partial charge in [0.2, 0.25) is 0 Å². The highest BCUT2D eigenvalue weighted by molar-refractivity contribution is 5.96. The van der Waals surface area contributed by atoms with Gasteiger partial charge in [0.15, 0.2) is 5.78 Å². The summed E-state index contributed by atoms with van der Waals surface area (Å²) in [5.74, 6) is 0.291. The summed E-state index contributed by atoms with van der Waals surface area (Å²) < 4.78 is 5.99. The van der Waals surface area contributed by atoms with Gasteiger partial charge in [-0.05, 0) is 25.0 Å². The van der Waals surface area contributed by atoms with E-state index < -0.39 is 4.92 Å². The van der Waals surface area contributed by atoms with Gasteiger partial charge in [-0.25, -0.2) is 0 Å². The first kappa shape index (κ1) is 15.9. The van der Waals surface area contributed by atoms with Gasteiger partial charge in [0.1, 0.15) is 11.9 Å². The van der Waals surface area contributed by atoms with Crippen LogP contribution < -0.4 is 0 Å². The summed E-state index contributed by atoms with van der Waals surface area (Å²) in [6, 6.07) is 16.0. The van der Waals surface area contributed by atoms with Crippen LogP contribution in [-0.2, 0) is 9.53 Å². The zero-order chi connectivity index (χ0) is 17.3. The number of Topliss-reactive ketones (excluding diaryl/α,β-unsaturated/α-hetero) is 1. The number of ketones is 1. The molecule has 0 bridgehead atoms. The monoisotopic (exact) mass is 323 g/mol. The molecule has 2 atom stereocenters. The topological polar surface area (TPSA) is 69.4 Å². The highest BCUT2D eigenvalue weighted by Crippen LogP contribution is 2.47. The summed E-state index contributed by atoms with van der Waals surface area (Å²) in [7, 11) is 0. The number of carbonyl (C=O) groups excluding carboxylic acids is 1. The Kier molecular flexibility index (Phi) is 4.16. The van der Waals surface area contributed by atoms with E-state index in [1.54, 1.807) is 19.1 Å². The largest absolute Gasteiger partial charge is 0.489 e. The maximum Gasteiger partial charge on any atom is 0.269 e. The zero-order valence-electron chi connectivity index (χ0n) is 13.4. The predicted octanol–water partition coefficient (Wildman–Crippen LogP) is 4.31. The lowest BCUT2D eigenvalue weighted by molar-refractivity contribution is -0.384. The maximum atomic E-state index is 12.1. The van der Waals surface area contributed by atoms with E-state index in [0.29, 0.717) is 11.3 Å². The zero-order valence-corrected chi connectivity index (χ0v) is 13.4. The quantitative estimate of drug-likeness (QED) is 0.621. The Morgan fingerprint density at radius 2 is 1.67 bits per heavy atom. The van der Waals surface area contributed by atoms with Crippen LogP contribution in [0.2, 0.25) is 0 Å². The summed E-state index contributed by atoms with van der Waals surface area (Å²) in [6.45, 7) is 3.31. The summed E-state index contributed by atoms with van der Waals surface area (Å²) in [5.41, 5.74) is 2.45. The maximum absolute atomic E-state index is 12.1. The van der Waals surface area contributed by atoms with Crippen LogP contribution in [0.5, 0.6) is 0 Å². The number of hydrogen-bond donors (Lipinski definition) is 0. The second-order valence-corrected chi connectivity index (χ2v) is 5.80. The van der Waals surface area contributed by atoms with Crippen molar-refractivity contribution >= 4 is 11.5 Å². The van der Waals surface area contributed by atoms with Gasteiger partial charge < -0.3 is 4.74 Å². The SMILES string of the molecule is CC(=O)C1=C(C)O[C@H](c2ccccc2)[C@@H]1c1ccc([N+](=O)[O-])cc1. The average molecular weight is 323 g/mol. The molecule has 0 aromatic heterocycles. The molecule has 1 aliphatic heterocycles. The van der Waals surface area contributed by atoms with Crippen LogP contribution in [-0.4, -0.2) is 10.7 Å². The van der Waals surface area contributed by atoms with Crippen molar-refractivity contribution < 1.29 is 14.5 Å². The van der Waals surface area contributed by atoms with Crippen LogP contribution in [0.4, 0.5) is 5.69 Å². The van der Waals surface area contributed by atoms with Gasteiger partial charge in [0.05, 0.1) is 10.8 Å². The van der Waals surface area contributed by atoms with Crippen molar-refractivity contribution in [2.75, 3.05) is 0 Å². The summed E-state index contributed by atoms with van der Waals surface area (Å²) >= 11 is 0. The van der Waals surface area contributed by atoms with Crippen LogP contribution in [0.25, 0.3) is 0 Å². The first-order valence-corrected chi connectivity index (χ1v) is 7.66. The molecule has 0 spiro atoms. The molecule has 5 heteroatoms. The molecule has 24 heavy (non-hydrogen) atoms. The fraction of sp³-hybridized carbons (Fsp3) is 0.211. The van der Waals surface area contributed by atoms with Gasteiger partial charge in [-0.1, -0.05) is 42.5 Å². The third-order valence-corrected chi connectivity index (χ3v) is 4.27. The molecule has 0 saturated carbocycles. The molecular formula is C19H17NO4. The second-order valence-electron chi connectivity index (χ2n) is 5.80. The molecule has 0 amide bonds. The van der Waals surface area contributed by atoms with E-state index in [2.05, 4.69) is 0 Å². The number of rotatable bonds is 4. The average Bonchev–Trinajstić information content (AvgIpc) is 2.93. The number of allylic oxidation sites excluding steroid dienone is 1. The smallest absolute Gasteiger partial charge is 0.269 e. The van der Waals surface area contributed by atoms with Crippen molar-refractivity contribution in [1.29, 1.82) is 0 Å². The lowest BCUT2D eigenvalue weighted by Crippen LogP contribution is -2.13. The Labute approximate surface area is 139 Å². The van der Waals surface area contributed by atoms with Crippen molar-refractivity contribution in [3.8, 4) is 0 Å². The number of carbonyl (C=O) groups is 1. The number of non-ortho nitro benzene ring substituents is 1. The predicted molar refractivity (Wildman–Crippen MR) is 89.5 cm³/mol. The molecule has 0 N–H and O–H groups in total. The van der Waals surface area contributed by atoms with Gasteiger partial charge in [-0.2, -0.15) is 0 Å². The lowest BCUT2D eigenvalue weighted by atomic mass is 9.83. The van der Waals surface area contributed by atoms with Crippen LogP contribution in [0, 0.1) is 10.1 Å². The number of nitro benzene ring substituents is 1. The summed E-state index contributed by atoms with van der Waals surface area (Å²) in [6.07, 6.45) is -0.313. The molecule has 1 heterocycles. The van der Waals surface area contributed by atoms with Crippen molar-refractivity contribution in [2.24, 2.45) is 0 Å². The molecule has 0 radical (unpaired) electrons. The minimum absolute atomic E-state index is 0.0269. The van der Waals surface area contributed by atoms with Crippen molar-refractivity contribution in [3.05, 3.63) is 87.2 Å². The van der Waals surface area contributed by atoms with Crippen LogP contribution in [0.3, 0.4) is 0 Å². The number of benzene rings is 2. The normalized spacial score (nSPS) is 19.9. The number of hydrogen-bond acceptors (Lipinski definition) is 4. The molecule has 122 valence electrons. The number of nitrogens with zero attached hydrogens (tertiary/aromatic N) is 1. The standard InChI is InChI=1S/C19H17NO4/c1-12(21)17-13(2)24-19(15-6-4-3-5-7-15)18(17)14-8-10-16(11-9-14)20(22)23/h3-11,18-19H,1-2H3/t18-,19-/m1/s1. The third kappa shape index (κ3) is 2.80. The Balaban J connectivity index is 2.06. The molecule has 0 fully saturated rings. The highest BCUT2D eigenvalue weighted by atomic mass is 16.6. The van der Waals surface area contributed by atoms with E-state index in [-0.39, 0.29) is 23.5 Å². The van der Waals surface area contributed by atoms with Gasteiger partial charge in [0, 0.05) is 17.7 Å². The van der Waals surface area contributed by atoms with Crippen molar-refractivity contribution in [3.63, 3.8) is 0 Å². The minimum Gasteiger partial charge on any atom is -0.489 e. The Morgan fingerprint density at radius 1 is 1.04 bits per heavy atom. The van der Waals surface area contributed by atoms with E-state index in [1.165, 1.54) is 19.1 Å². The molecule has 1 aliphatic rings. The Morgan fingerprint density at radius 3 is 2.21 bits per heavy atom. The number of nitro groups is 1. The molecule has 0 aliphatic carbocycles. The van der Waals surface area contributed by atoms with Gasteiger partial charge in [0.25, 0.3) is 5.69 Å². The highest BCUT2D eigenvalue weighted by Gasteiger charge is 2.39. The first-order chi connectivity index (χ1) is 11.5. The van der Waals surface area contributed by atoms with E-state index >= 15 is 0 Å². The molecule has 2 aromatic rings. The molecule has 3 rings (SSSR count). The van der Waals surface area contributed by atoms with Gasteiger partial charge in [-0.15, -0.1) is 0 Å². The summed E-state index contributed by atoms with van der Waals surface area (Å²) in [5, 5.41) is 10.9. The van der Waals surface area contributed by atoms with Crippen LogP contribution in [0.15, 0.2) is 65.9 Å². The van der Waals surface area contributed by atoms with Gasteiger partial charge >= 0.3 is 0 Å². The number of ether oxygens (including phenoxy) is 1. The molecular weight excluding hydrogens is 306 g/mol. The van der Waals surface area contributed by atoms with Crippen LogP contribution in [0.1, 0.15) is 37.0 Å². The molecule has 0 saturated heterocycles. The van der Waals surface area contributed by atoms with E-state index in [1.807, 2.05) is 30.3 Å². The first-order valence-electron chi connectivity index (χ1n) is 7.66. The van der Waals surface area contributed by atoms with Crippen molar-refractivity contribution in [2.45, 2.75) is 25.9 Å². The molecule has 5 nitrogen and oxygen atoms in total. The summed E-state index contributed by atoms with van der Waals surface area (Å²) in [4.78, 5) is 22.6. The Hall–Kier alpha value is -2.95. The third-order valence-electron chi connectivity index (χ3n) is 4.27. The fourth-order valence-electron chi connectivity index (χ4n) is 3.21. The van der Waals surface area contributed by atoms with Gasteiger partial charge in [-0.3, -0.25) is 14.9 Å². The minimum atomic E-state index is -0.434. The molecule has 0 unspecified atom stereocenters. The van der Waals surface area contributed by atoms with Crippen LogP contribution >= 0.6 is 0 Å². The fourth-order valence-corrected chi connectivity index (χ4v) is 3.21.